The second-order valence-electron chi connectivity index (χ2n) is 10.9. The first-order chi connectivity index (χ1) is 20.1. The van der Waals surface area contributed by atoms with Crippen LogP contribution in [0.4, 0.5) is 0 Å². The number of ether oxygens (including phenoxy) is 5. The molecule has 1 saturated heterocycles. The molecule has 224 valence electrons. The number of carbonyl (C=O) groups is 2. The third-order valence-electron chi connectivity index (χ3n) is 8.54. The van der Waals surface area contributed by atoms with Crippen LogP contribution in [0.25, 0.3) is 16.6 Å². The monoisotopic (exact) mass is 569 g/mol. The molecule has 2 aromatic rings. The molecule has 5 rings (SSSR count). The SMILES string of the molecule is CC[C@@]12C=C(C(=O)NCC(=O)OCCOCCOCCOCCOC)n3c4c(c5ccccc53)CCN(CCC1)[C@H]42. The zero-order chi connectivity index (χ0) is 28.7. The van der Waals surface area contributed by atoms with E-state index >= 15 is 0 Å². The number of aromatic nitrogens is 1. The van der Waals surface area contributed by atoms with Crippen LogP contribution in [-0.2, 0) is 39.7 Å². The molecule has 0 aliphatic carbocycles. The van der Waals surface area contributed by atoms with Crippen LogP contribution in [0.1, 0.15) is 43.5 Å². The number of esters is 1. The highest BCUT2D eigenvalue weighted by Crippen LogP contribution is 2.56. The summed E-state index contributed by atoms with van der Waals surface area (Å²) in [4.78, 5) is 28.7. The Kier molecular flexibility index (Phi) is 10.1. The Bertz CT molecular complexity index is 1240. The Hall–Kier alpha value is -2.76. The number of carbonyl (C=O) groups excluding carboxylic acids is 2. The normalized spacial score (nSPS) is 21.4. The van der Waals surface area contributed by atoms with Gasteiger partial charge < -0.3 is 33.6 Å². The lowest BCUT2D eigenvalue weighted by atomic mass is 9.66. The Labute approximate surface area is 241 Å². The van der Waals surface area contributed by atoms with E-state index < -0.39 is 5.97 Å². The van der Waals surface area contributed by atoms with Gasteiger partial charge in [0.15, 0.2) is 0 Å². The van der Waals surface area contributed by atoms with E-state index in [9.17, 15) is 9.59 Å². The molecular formula is C31H43N3O7. The predicted molar refractivity (Wildman–Crippen MR) is 154 cm³/mol. The summed E-state index contributed by atoms with van der Waals surface area (Å²) in [5, 5.41) is 4.05. The molecule has 2 atom stereocenters. The van der Waals surface area contributed by atoms with Crippen molar-refractivity contribution in [3.05, 3.63) is 41.6 Å². The van der Waals surface area contributed by atoms with Gasteiger partial charge in [0.1, 0.15) is 18.8 Å². The zero-order valence-electron chi connectivity index (χ0n) is 24.3. The van der Waals surface area contributed by atoms with Crippen molar-refractivity contribution in [1.29, 1.82) is 0 Å². The minimum atomic E-state index is -0.492. The number of hydrogen-bond donors (Lipinski definition) is 1. The van der Waals surface area contributed by atoms with Crippen molar-refractivity contribution in [3.8, 4) is 0 Å². The molecule has 10 nitrogen and oxygen atoms in total. The van der Waals surface area contributed by atoms with Gasteiger partial charge in [0.2, 0.25) is 0 Å². The second-order valence-corrected chi connectivity index (χ2v) is 10.9. The molecule has 41 heavy (non-hydrogen) atoms. The average molecular weight is 570 g/mol. The highest BCUT2D eigenvalue weighted by Gasteiger charge is 2.51. The molecule has 0 radical (unpaired) electrons. The van der Waals surface area contributed by atoms with Crippen LogP contribution in [0.2, 0.25) is 0 Å². The number of nitrogens with zero attached hydrogens (tertiary/aromatic N) is 2. The Morgan fingerprint density at radius 3 is 2.41 bits per heavy atom. The summed E-state index contributed by atoms with van der Waals surface area (Å²) in [5.41, 5.74) is 4.19. The van der Waals surface area contributed by atoms with Gasteiger partial charge in [0.05, 0.1) is 57.8 Å². The molecule has 10 heteroatoms. The predicted octanol–water partition coefficient (Wildman–Crippen LogP) is 2.94. The number of hydrogen-bond acceptors (Lipinski definition) is 8. The molecule has 0 bridgehead atoms. The summed E-state index contributed by atoms with van der Waals surface area (Å²) >= 11 is 0. The molecule has 1 amide bonds. The molecule has 1 N–H and O–H groups in total. The average Bonchev–Trinajstić information content (AvgIpc) is 3.34. The Balaban J connectivity index is 1.14. The van der Waals surface area contributed by atoms with Crippen molar-refractivity contribution in [3.63, 3.8) is 0 Å². The molecule has 1 fully saturated rings. The summed E-state index contributed by atoms with van der Waals surface area (Å²) in [7, 11) is 1.63. The molecule has 0 spiro atoms. The lowest BCUT2D eigenvalue weighted by molar-refractivity contribution is -0.145. The van der Waals surface area contributed by atoms with Gasteiger partial charge in [-0.15, -0.1) is 0 Å². The minimum absolute atomic E-state index is 0.0942. The summed E-state index contributed by atoms with van der Waals surface area (Å²) in [6, 6.07) is 8.64. The number of fused-ring (bicyclic) bond motifs is 3. The quantitative estimate of drug-likeness (QED) is 0.243. The lowest BCUT2D eigenvalue weighted by Crippen LogP contribution is -2.51. The first-order valence-electron chi connectivity index (χ1n) is 14.8. The number of para-hydroxylation sites is 1. The van der Waals surface area contributed by atoms with Crippen molar-refractivity contribution in [1.82, 2.24) is 14.8 Å². The van der Waals surface area contributed by atoms with E-state index in [1.54, 1.807) is 7.11 Å². The topological polar surface area (TPSA) is 100 Å². The maximum atomic E-state index is 13.7. The molecular weight excluding hydrogens is 526 g/mol. The number of piperidine rings is 1. The van der Waals surface area contributed by atoms with Crippen molar-refractivity contribution in [2.24, 2.45) is 5.41 Å². The molecule has 3 aliphatic heterocycles. The van der Waals surface area contributed by atoms with Crippen LogP contribution in [0.3, 0.4) is 0 Å². The molecule has 1 aromatic carbocycles. The maximum absolute atomic E-state index is 13.7. The summed E-state index contributed by atoms with van der Waals surface area (Å²) in [6.07, 6.45) is 6.31. The summed E-state index contributed by atoms with van der Waals surface area (Å²) in [5.74, 6) is -0.742. The van der Waals surface area contributed by atoms with E-state index in [1.807, 2.05) is 6.07 Å². The van der Waals surface area contributed by atoms with Crippen molar-refractivity contribution in [2.75, 3.05) is 79.6 Å². The third-order valence-corrected chi connectivity index (χ3v) is 8.54. The van der Waals surface area contributed by atoms with Crippen LogP contribution in [0.5, 0.6) is 0 Å². The number of rotatable bonds is 16. The van der Waals surface area contributed by atoms with Gasteiger partial charge in [0.25, 0.3) is 5.91 Å². The van der Waals surface area contributed by atoms with Gasteiger partial charge >= 0.3 is 5.97 Å². The van der Waals surface area contributed by atoms with Crippen molar-refractivity contribution < 1.29 is 33.3 Å². The van der Waals surface area contributed by atoms with Gasteiger partial charge in [-0.3, -0.25) is 14.5 Å². The number of methoxy groups -OCH3 is 1. The van der Waals surface area contributed by atoms with Crippen LogP contribution in [0.15, 0.2) is 30.3 Å². The van der Waals surface area contributed by atoms with E-state index in [-0.39, 0.29) is 37.1 Å². The first kappa shape index (κ1) is 29.7. The van der Waals surface area contributed by atoms with E-state index in [0.29, 0.717) is 45.3 Å². The van der Waals surface area contributed by atoms with Crippen molar-refractivity contribution in [2.45, 2.75) is 38.6 Å². The number of nitrogens with one attached hydrogen (secondary N) is 1. The van der Waals surface area contributed by atoms with Crippen LogP contribution >= 0.6 is 0 Å². The number of benzene rings is 1. The fraction of sp³-hybridized carbons (Fsp3) is 0.613. The molecule has 4 heterocycles. The summed E-state index contributed by atoms with van der Waals surface area (Å²) in [6.45, 7) is 7.48. The molecule has 1 aromatic heterocycles. The molecule has 0 unspecified atom stereocenters. The van der Waals surface area contributed by atoms with Crippen LogP contribution in [-0.4, -0.2) is 101 Å². The van der Waals surface area contributed by atoms with Gasteiger partial charge in [-0.2, -0.15) is 0 Å². The van der Waals surface area contributed by atoms with E-state index in [4.69, 9.17) is 23.7 Å². The minimum Gasteiger partial charge on any atom is -0.462 e. The maximum Gasteiger partial charge on any atom is 0.325 e. The van der Waals surface area contributed by atoms with E-state index in [1.165, 1.54) is 16.6 Å². The van der Waals surface area contributed by atoms with E-state index in [0.717, 1.165) is 44.3 Å². The Morgan fingerprint density at radius 2 is 1.68 bits per heavy atom. The number of amides is 1. The second kappa shape index (κ2) is 13.9. The fourth-order valence-corrected chi connectivity index (χ4v) is 6.64. The lowest BCUT2D eigenvalue weighted by Gasteiger charge is -2.53. The van der Waals surface area contributed by atoms with Gasteiger partial charge in [-0.1, -0.05) is 25.1 Å². The highest BCUT2D eigenvalue weighted by molar-refractivity contribution is 6.17. The standard InChI is InChI=1S/C31H43N3O7/c1-3-31-10-6-11-33-12-9-24-23-7-4-5-8-25(23)34(28(24)29(31)33)26(21-31)30(36)32-22-27(35)41-20-19-40-18-17-39-16-15-38-14-13-37-2/h4-5,7-8,21,29H,3,6,9-20,22H2,1-2H3,(H,32,36)/t29-,31+/m1/s1. The fourth-order valence-electron chi connectivity index (χ4n) is 6.64. The van der Waals surface area contributed by atoms with Crippen molar-refractivity contribution >= 4 is 28.5 Å². The van der Waals surface area contributed by atoms with Crippen LogP contribution in [0, 0.1) is 5.41 Å². The Morgan fingerprint density at radius 1 is 0.976 bits per heavy atom. The third kappa shape index (κ3) is 6.36. The first-order valence-corrected chi connectivity index (χ1v) is 14.8. The smallest absolute Gasteiger partial charge is 0.325 e. The zero-order valence-corrected chi connectivity index (χ0v) is 24.3. The largest absolute Gasteiger partial charge is 0.462 e. The van der Waals surface area contributed by atoms with Crippen LogP contribution < -0.4 is 5.32 Å². The molecule has 3 aliphatic rings. The van der Waals surface area contributed by atoms with E-state index in [2.05, 4.69) is 46.0 Å². The van der Waals surface area contributed by atoms with Gasteiger partial charge in [-0.25, -0.2) is 0 Å². The highest BCUT2D eigenvalue weighted by atomic mass is 16.6. The van der Waals surface area contributed by atoms with Gasteiger partial charge in [0, 0.05) is 30.1 Å². The van der Waals surface area contributed by atoms with Gasteiger partial charge in [-0.05, 0) is 49.9 Å². The molecule has 0 saturated carbocycles. The summed E-state index contributed by atoms with van der Waals surface area (Å²) < 4.78 is 28.5.